The number of nitrogens with one attached hydrogen (secondary N) is 1. The Balaban J connectivity index is 0.000000252. The summed E-state index contributed by atoms with van der Waals surface area (Å²) in [4.78, 5) is 82.5. The van der Waals surface area contributed by atoms with Gasteiger partial charge in [0.15, 0.2) is 0 Å². The maximum atomic E-state index is 12.9. The van der Waals surface area contributed by atoms with Crippen LogP contribution in [0.5, 0.6) is 0 Å². The average Bonchev–Trinajstić information content (AvgIpc) is 3.26. The molecule has 4 aliphatic rings. The Hall–Kier alpha value is -5.30. The van der Waals surface area contributed by atoms with E-state index in [9.17, 15) is 28.8 Å². The molecular weight excluding hydrogens is 956 g/mol. The van der Waals surface area contributed by atoms with Crippen molar-refractivity contribution in [2.45, 2.75) is 144 Å². The number of carbonyl (C=O) groups is 6. The highest BCUT2D eigenvalue weighted by atomic mass is 79.9. The third-order valence-electron chi connectivity index (χ3n) is 10.9. The maximum absolute atomic E-state index is 12.9. The first-order chi connectivity index (χ1) is 32.0. The number of esters is 2. The number of rotatable bonds is 3. The second-order valence-corrected chi connectivity index (χ2v) is 22.0. The lowest BCUT2D eigenvalue weighted by Crippen LogP contribution is -2.52. The number of carbonyl (C=O) groups excluding carboxylic acids is 6. The molecule has 4 amide bonds. The van der Waals surface area contributed by atoms with Crippen molar-refractivity contribution in [2.24, 2.45) is 0 Å². The third kappa shape index (κ3) is 17.0. The zero-order valence-electron chi connectivity index (χ0n) is 43.1. The molecule has 19 heteroatoms. The number of piperazine rings is 2. The van der Waals surface area contributed by atoms with Gasteiger partial charge in [-0.15, -0.1) is 0 Å². The van der Waals surface area contributed by atoms with Gasteiger partial charge in [-0.3, -0.25) is 9.80 Å². The average molecular weight is 1030 g/mol. The van der Waals surface area contributed by atoms with Crippen molar-refractivity contribution in [3.63, 3.8) is 0 Å². The van der Waals surface area contributed by atoms with Crippen LogP contribution in [0.3, 0.4) is 0 Å². The molecule has 2 atom stereocenters. The number of anilines is 1. The van der Waals surface area contributed by atoms with Crippen LogP contribution in [0, 0.1) is 0 Å². The third-order valence-corrected chi connectivity index (χ3v) is 11.7. The first kappa shape index (κ1) is 56.3. The number of amides is 4. The normalized spacial score (nSPS) is 18.4. The van der Waals surface area contributed by atoms with Gasteiger partial charge in [0.1, 0.15) is 34.5 Å². The Morgan fingerprint density at radius 3 is 1.32 bits per heavy atom. The molecule has 2 aromatic rings. The summed E-state index contributed by atoms with van der Waals surface area (Å²) < 4.78 is 32.5. The molecule has 6 rings (SSSR count). The van der Waals surface area contributed by atoms with Crippen molar-refractivity contribution < 1.29 is 57.2 Å². The van der Waals surface area contributed by atoms with E-state index in [-0.39, 0.29) is 24.3 Å². The van der Waals surface area contributed by atoms with Gasteiger partial charge in [0.25, 0.3) is 0 Å². The zero-order valence-corrected chi connectivity index (χ0v) is 44.7. The predicted octanol–water partition coefficient (Wildman–Crippen LogP) is 7.69. The minimum atomic E-state index is -0.767. The van der Waals surface area contributed by atoms with E-state index in [1.807, 2.05) is 77.9 Å². The van der Waals surface area contributed by atoms with Crippen LogP contribution in [0.25, 0.3) is 0 Å². The highest BCUT2D eigenvalue weighted by Gasteiger charge is 2.41. The highest BCUT2D eigenvalue weighted by Crippen LogP contribution is 2.34. The van der Waals surface area contributed by atoms with Gasteiger partial charge in [0.05, 0.1) is 27.3 Å². The summed E-state index contributed by atoms with van der Waals surface area (Å²) in [5.41, 5.74) is 2.82. The molecule has 0 bridgehead atoms. The van der Waals surface area contributed by atoms with Crippen LogP contribution in [0.15, 0.2) is 40.9 Å². The lowest BCUT2D eigenvalue weighted by molar-refractivity contribution is -0.148. The topological polar surface area (TPSA) is 186 Å². The van der Waals surface area contributed by atoms with Crippen LogP contribution >= 0.6 is 15.9 Å². The van der Waals surface area contributed by atoms with Crippen LogP contribution < -0.4 is 10.2 Å². The van der Waals surface area contributed by atoms with Gasteiger partial charge < -0.3 is 48.4 Å². The summed E-state index contributed by atoms with van der Waals surface area (Å²) in [5, 5.41) is 3.18. The Bertz CT molecular complexity index is 2130. The van der Waals surface area contributed by atoms with Gasteiger partial charge in [0, 0.05) is 75.4 Å². The summed E-state index contributed by atoms with van der Waals surface area (Å²) >= 11 is 3.50. The molecule has 2 aromatic carbocycles. The standard InChI is InChI=1S/C25H37N3O6.C16H20BrNO4.C9H18N2O2/c1-24(2,3)33-22(30)27-13-11-26(12-14-27)19-10-8-9-17-16-28(23(31)34-25(4,5)6)20(15-18(17)19)21(29)32-7;1-16(2,3)22-15(20)18-9-10-6-5-7-12(17)11(10)8-13(18)14(19)21-4;1-9(2,3)13-8(12)11-6-4-10-5-7-11/h8-10,20H,11-16H2,1-7H3;5-7,13H,8-9H2,1-4H3;10H,4-7H2,1-3H3. The van der Waals surface area contributed by atoms with E-state index in [1.54, 1.807) is 51.3 Å². The van der Waals surface area contributed by atoms with E-state index in [2.05, 4.69) is 26.1 Å². The van der Waals surface area contributed by atoms with Crippen LogP contribution in [-0.2, 0) is 63.9 Å². The van der Waals surface area contributed by atoms with Crippen molar-refractivity contribution in [1.29, 1.82) is 0 Å². The Morgan fingerprint density at radius 1 is 0.522 bits per heavy atom. The second kappa shape index (κ2) is 23.5. The van der Waals surface area contributed by atoms with Crippen molar-refractivity contribution in [1.82, 2.24) is 24.9 Å². The SMILES string of the molecule is CC(C)(C)OC(=O)N1CCNCC1.COC(=O)C1Cc2c(Br)cccc2CN1C(=O)OC(C)(C)C.COC(=O)C1Cc2c(cccc2N2CCN(C(=O)OC(C)(C)C)CC2)CN1C(=O)OC(C)(C)C. The van der Waals surface area contributed by atoms with Crippen LogP contribution in [0.2, 0.25) is 0 Å². The van der Waals surface area contributed by atoms with Gasteiger partial charge in [-0.05, 0) is 117 Å². The molecule has 0 radical (unpaired) electrons. The van der Waals surface area contributed by atoms with E-state index in [0.29, 0.717) is 45.6 Å². The van der Waals surface area contributed by atoms with Crippen LogP contribution in [-0.4, -0.2) is 157 Å². The first-order valence-electron chi connectivity index (χ1n) is 23.4. The molecule has 18 nitrogen and oxygen atoms in total. The Morgan fingerprint density at radius 2 is 0.899 bits per heavy atom. The smallest absolute Gasteiger partial charge is 0.411 e. The zero-order chi connectivity index (χ0) is 51.6. The molecule has 0 aromatic heterocycles. The fourth-order valence-electron chi connectivity index (χ4n) is 7.82. The summed E-state index contributed by atoms with van der Waals surface area (Å²) in [7, 11) is 2.65. The number of methoxy groups -OCH3 is 2. The Kier molecular flexibility index (Phi) is 19.2. The quantitative estimate of drug-likeness (QED) is 0.233. The monoisotopic (exact) mass is 1030 g/mol. The van der Waals surface area contributed by atoms with E-state index in [4.69, 9.17) is 28.4 Å². The lowest BCUT2D eigenvalue weighted by Gasteiger charge is -2.40. The van der Waals surface area contributed by atoms with Crippen LogP contribution in [0.1, 0.15) is 105 Å². The lowest BCUT2D eigenvalue weighted by atomic mass is 9.92. The van der Waals surface area contributed by atoms with E-state index in [0.717, 1.165) is 58.6 Å². The molecule has 0 spiro atoms. The molecule has 2 fully saturated rings. The molecule has 1 N–H and O–H groups in total. The number of fused-ring (bicyclic) bond motifs is 2. The minimum absolute atomic E-state index is 0.200. The summed E-state index contributed by atoms with van der Waals surface area (Å²) in [5.74, 6) is -0.909. The fraction of sp³-hybridized carbons (Fsp3) is 0.640. The summed E-state index contributed by atoms with van der Waals surface area (Å²) in [6.07, 6.45) is -0.805. The maximum Gasteiger partial charge on any atom is 0.411 e. The van der Waals surface area contributed by atoms with E-state index >= 15 is 0 Å². The van der Waals surface area contributed by atoms with Gasteiger partial charge in [-0.2, -0.15) is 0 Å². The molecule has 0 saturated carbocycles. The van der Waals surface area contributed by atoms with E-state index in [1.165, 1.54) is 24.0 Å². The van der Waals surface area contributed by atoms with Crippen LogP contribution in [0.4, 0.5) is 24.9 Å². The molecule has 69 heavy (non-hydrogen) atoms. The van der Waals surface area contributed by atoms with Crippen molar-refractivity contribution >= 4 is 57.9 Å². The van der Waals surface area contributed by atoms with Gasteiger partial charge in [-0.25, -0.2) is 28.8 Å². The largest absolute Gasteiger partial charge is 0.467 e. The molecular formula is C50H75BrN6O12. The van der Waals surface area contributed by atoms with Crippen molar-refractivity contribution in [3.8, 4) is 0 Å². The molecule has 2 saturated heterocycles. The first-order valence-corrected chi connectivity index (χ1v) is 24.2. The van der Waals surface area contributed by atoms with Gasteiger partial charge in [-0.1, -0.05) is 40.2 Å². The molecule has 2 unspecified atom stereocenters. The highest BCUT2D eigenvalue weighted by molar-refractivity contribution is 9.10. The van der Waals surface area contributed by atoms with Gasteiger partial charge in [0.2, 0.25) is 0 Å². The molecule has 0 aliphatic carbocycles. The number of halogens is 1. The predicted molar refractivity (Wildman–Crippen MR) is 264 cm³/mol. The number of benzene rings is 2. The van der Waals surface area contributed by atoms with Crippen molar-refractivity contribution in [3.05, 3.63) is 63.1 Å². The van der Waals surface area contributed by atoms with Crippen molar-refractivity contribution in [2.75, 3.05) is 71.5 Å². The number of hydrogen-bond acceptors (Lipinski definition) is 14. The number of nitrogens with zero attached hydrogens (tertiary/aromatic N) is 5. The molecule has 4 aliphatic heterocycles. The second-order valence-electron chi connectivity index (χ2n) is 21.2. The van der Waals surface area contributed by atoms with E-state index < -0.39 is 53.0 Å². The van der Waals surface area contributed by atoms with Gasteiger partial charge >= 0.3 is 36.3 Å². The Labute approximate surface area is 416 Å². The summed E-state index contributed by atoms with van der Waals surface area (Å²) in [6, 6.07) is 10.3. The molecule has 384 valence electrons. The molecule has 4 heterocycles. The summed E-state index contributed by atoms with van der Waals surface area (Å²) in [6.45, 7) is 28.2. The number of hydrogen-bond donors (Lipinski definition) is 1. The number of ether oxygens (including phenoxy) is 6. The fourth-order valence-corrected chi connectivity index (χ4v) is 8.39. The minimum Gasteiger partial charge on any atom is -0.467 e.